The normalized spacial score (nSPS) is 15.1. The summed E-state index contributed by atoms with van der Waals surface area (Å²) in [6.45, 7) is 1.95. The molecule has 1 rings (SSSR count). The van der Waals surface area contributed by atoms with Crippen molar-refractivity contribution < 1.29 is 14.9 Å². The first-order chi connectivity index (χ1) is 6.74. The fourth-order valence-corrected chi connectivity index (χ4v) is 1.08. The van der Waals surface area contributed by atoms with Crippen LogP contribution in [-0.2, 0) is 4.74 Å². The lowest BCUT2D eigenvalue weighted by Crippen LogP contribution is -2.17. The van der Waals surface area contributed by atoms with Gasteiger partial charge in [0.25, 0.3) is 0 Å². The zero-order chi connectivity index (χ0) is 10.4. The van der Waals surface area contributed by atoms with Crippen LogP contribution in [0.4, 0.5) is 0 Å². The van der Waals surface area contributed by atoms with Gasteiger partial charge in [0.05, 0.1) is 19.3 Å². The van der Waals surface area contributed by atoms with Crippen LogP contribution < -0.4 is 0 Å². The minimum absolute atomic E-state index is 0.0263. The highest BCUT2D eigenvalue weighted by molar-refractivity contribution is 5.17. The molecule has 0 fully saturated rings. The van der Waals surface area contributed by atoms with Crippen molar-refractivity contribution in [1.29, 1.82) is 0 Å². The Kier molecular flexibility index (Phi) is 4.59. The smallest absolute Gasteiger partial charge is 0.102 e. The molecule has 0 bridgehead atoms. The molecule has 3 nitrogen and oxygen atoms in total. The summed E-state index contributed by atoms with van der Waals surface area (Å²) in [4.78, 5) is 0. The van der Waals surface area contributed by atoms with Gasteiger partial charge in [0.2, 0.25) is 0 Å². The minimum Gasteiger partial charge on any atom is -0.394 e. The number of benzene rings is 1. The average Bonchev–Trinajstić information content (AvgIpc) is 2.26. The van der Waals surface area contributed by atoms with E-state index in [1.165, 1.54) is 0 Å². The van der Waals surface area contributed by atoms with Crippen LogP contribution in [0, 0.1) is 0 Å². The maximum absolute atomic E-state index is 9.66. The van der Waals surface area contributed by atoms with E-state index >= 15 is 0 Å². The molecular weight excluding hydrogens is 180 g/mol. The number of ether oxygens (including phenoxy) is 1. The number of hydrogen-bond donors (Lipinski definition) is 2. The average molecular weight is 196 g/mol. The second kappa shape index (κ2) is 5.75. The minimum atomic E-state index is -0.620. The van der Waals surface area contributed by atoms with Gasteiger partial charge in [0.1, 0.15) is 6.10 Å². The topological polar surface area (TPSA) is 49.7 Å². The van der Waals surface area contributed by atoms with E-state index in [1.54, 1.807) is 6.92 Å². The summed E-state index contributed by atoms with van der Waals surface area (Å²) in [5.74, 6) is 0. The van der Waals surface area contributed by atoms with Crippen LogP contribution in [-0.4, -0.2) is 29.5 Å². The van der Waals surface area contributed by atoms with Crippen molar-refractivity contribution in [3.05, 3.63) is 35.9 Å². The van der Waals surface area contributed by atoms with Crippen molar-refractivity contribution in [2.75, 3.05) is 13.2 Å². The molecule has 0 amide bonds. The number of aliphatic hydroxyl groups excluding tert-OH is 2. The van der Waals surface area contributed by atoms with Crippen molar-refractivity contribution in [2.24, 2.45) is 0 Å². The quantitative estimate of drug-likeness (QED) is 0.742. The van der Waals surface area contributed by atoms with Crippen molar-refractivity contribution in [3.8, 4) is 0 Å². The molecule has 0 radical (unpaired) electrons. The third-order valence-electron chi connectivity index (χ3n) is 1.98. The van der Waals surface area contributed by atoms with E-state index in [1.807, 2.05) is 30.3 Å². The molecule has 2 N–H and O–H groups in total. The molecule has 0 saturated heterocycles. The summed E-state index contributed by atoms with van der Waals surface area (Å²) in [6.07, 6.45) is -0.849. The van der Waals surface area contributed by atoms with Gasteiger partial charge in [-0.25, -0.2) is 0 Å². The van der Waals surface area contributed by atoms with Gasteiger partial charge < -0.3 is 14.9 Å². The number of hydrogen-bond acceptors (Lipinski definition) is 3. The van der Waals surface area contributed by atoms with Crippen LogP contribution in [0.3, 0.4) is 0 Å². The van der Waals surface area contributed by atoms with Crippen molar-refractivity contribution in [3.63, 3.8) is 0 Å². The molecular formula is C11H16O3. The lowest BCUT2D eigenvalue weighted by atomic mass is 10.1. The van der Waals surface area contributed by atoms with Crippen LogP contribution in [0.5, 0.6) is 0 Å². The summed E-state index contributed by atoms with van der Waals surface area (Å²) in [7, 11) is 0. The van der Waals surface area contributed by atoms with Gasteiger partial charge in [-0.15, -0.1) is 0 Å². The first-order valence-corrected chi connectivity index (χ1v) is 4.69. The van der Waals surface area contributed by atoms with Gasteiger partial charge in [-0.3, -0.25) is 0 Å². The summed E-state index contributed by atoms with van der Waals surface area (Å²) in [6, 6.07) is 9.32. The highest BCUT2D eigenvalue weighted by Gasteiger charge is 2.08. The Morgan fingerprint density at radius 1 is 1.29 bits per heavy atom. The molecule has 0 aromatic heterocycles. The second-order valence-corrected chi connectivity index (χ2v) is 3.25. The summed E-state index contributed by atoms with van der Waals surface area (Å²) in [5.41, 5.74) is 0.831. The van der Waals surface area contributed by atoms with Crippen LogP contribution in [0.1, 0.15) is 18.6 Å². The Labute approximate surface area is 84.0 Å². The van der Waals surface area contributed by atoms with Crippen LogP contribution in [0.2, 0.25) is 0 Å². The fraction of sp³-hybridized carbons (Fsp3) is 0.455. The van der Waals surface area contributed by atoms with E-state index in [0.717, 1.165) is 5.56 Å². The van der Waals surface area contributed by atoms with Crippen LogP contribution in [0.25, 0.3) is 0 Å². The molecule has 0 saturated carbocycles. The largest absolute Gasteiger partial charge is 0.394 e. The molecule has 1 aromatic carbocycles. The summed E-state index contributed by atoms with van der Waals surface area (Å²) < 4.78 is 5.21. The zero-order valence-electron chi connectivity index (χ0n) is 8.26. The van der Waals surface area contributed by atoms with Gasteiger partial charge >= 0.3 is 0 Å². The van der Waals surface area contributed by atoms with E-state index < -0.39 is 6.10 Å². The molecule has 14 heavy (non-hydrogen) atoms. The van der Waals surface area contributed by atoms with E-state index in [9.17, 15) is 5.11 Å². The maximum Gasteiger partial charge on any atom is 0.102 e. The molecule has 78 valence electrons. The maximum atomic E-state index is 9.66. The Bertz CT molecular complexity index is 248. The lowest BCUT2D eigenvalue weighted by Gasteiger charge is -2.14. The summed E-state index contributed by atoms with van der Waals surface area (Å²) >= 11 is 0. The molecule has 0 aliphatic rings. The predicted molar refractivity (Wildman–Crippen MR) is 53.9 cm³/mol. The molecule has 2 unspecified atom stereocenters. The fourth-order valence-electron chi connectivity index (χ4n) is 1.08. The van der Waals surface area contributed by atoms with Crippen molar-refractivity contribution >= 4 is 0 Å². The van der Waals surface area contributed by atoms with E-state index in [4.69, 9.17) is 9.84 Å². The first-order valence-electron chi connectivity index (χ1n) is 4.69. The highest BCUT2D eigenvalue weighted by Crippen LogP contribution is 2.12. The van der Waals surface area contributed by atoms with Gasteiger partial charge in [0.15, 0.2) is 0 Å². The Morgan fingerprint density at radius 3 is 2.50 bits per heavy atom. The standard InChI is InChI=1S/C11H16O3/c1-9(7-12)14-8-11(13)10-5-3-2-4-6-10/h2-6,9,11-13H,7-8H2,1H3. The van der Waals surface area contributed by atoms with Crippen molar-refractivity contribution in [2.45, 2.75) is 19.1 Å². The molecule has 2 atom stereocenters. The second-order valence-electron chi connectivity index (χ2n) is 3.25. The highest BCUT2D eigenvalue weighted by atomic mass is 16.5. The lowest BCUT2D eigenvalue weighted by molar-refractivity contribution is -0.0241. The van der Waals surface area contributed by atoms with Gasteiger partial charge in [-0.05, 0) is 12.5 Å². The van der Waals surface area contributed by atoms with E-state index in [-0.39, 0.29) is 19.3 Å². The number of rotatable bonds is 5. The number of aliphatic hydroxyl groups is 2. The van der Waals surface area contributed by atoms with Crippen molar-refractivity contribution in [1.82, 2.24) is 0 Å². The van der Waals surface area contributed by atoms with Gasteiger partial charge in [-0.1, -0.05) is 30.3 Å². The first kappa shape index (κ1) is 11.2. The molecule has 0 aliphatic carbocycles. The molecule has 0 heterocycles. The van der Waals surface area contributed by atoms with Gasteiger partial charge in [-0.2, -0.15) is 0 Å². The molecule has 3 heteroatoms. The molecule has 1 aromatic rings. The monoisotopic (exact) mass is 196 g/mol. The SMILES string of the molecule is CC(CO)OCC(O)c1ccccc1. The third kappa shape index (κ3) is 3.46. The van der Waals surface area contributed by atoms with Crippen LogP contribution >= 0.6 is 0 Å². The van der Waals surface area contributed by atoms with Crippen LogP contribution in [0.15, 0.2) is 30.3 Å². The zero-order valence-corrected chi connectivity index (χ0v) is 8.26. The third-order valence-corrected chi connectivity index (χ3v) is 1.98. The van der Waals surface area contributed by atoms with E-state index in [0.29, 0.717) is 0 Å². The summed E-state index contributed by atoms with van der Waals surface area (Å²) in [5, 5.41) is 18.4. The predicted octanol–water partition coefficient (Wildman–Crippen LogP) is 1.12. The molecule has 0 aliphatic heterocycles. The van der Waals surface area contributed by atoms with E-state index in [2.05, 4.69) is 0 Å². The van der Waals surface area contributed by atoms with Gasteiger partial charge in [0, 0.05) is 0 Å². The Morgan fingerprint density at radius 2 is 1.93 bits per heavy atom. The molecule has 0 spiro atoms. The Hall–Kier alpha value is -0.900. The Balaban J connectivity index is 2.39.